The lowest BCUT2D eigenvalue weighted by Gasteiger charge is -2.34. The van der Waals surface area contributed by atoms with Crippen molar-refractivity contribution in [3.05, 3.63) is 212 Å². The van der Waals surface area contributed by atoms with Crippen LogP contribution in [0.15, 0.2) is 212 Å². The van der Waals surface area contributed by atoms with Crippen LogP contribution in [0.5, 0.6) is 0 Å². The standard InChI is InChI=1S/C51H35N3Si/c1-4-18-37(19-5-1)55(38-20-6-2-7-21-38,39-22-8-3-9-23-39)40-34-32-36(33-35-40)49-50-45-28-13-12-26-43(45)41-24-10-11-25-42(41)44-27-14-16-30-47(44)53(50)51-52-46-29-15-17-31-48(46)54(49)51/h1-35H. The van der Waals surface area contributed by atoms with Crippen LogP contribution in [0, 0.1) is 0 Å². The lowest BCUT2D eigenvalue weighted by atomic mass is 9.87. The van der Waals surface area contributed by atoms with E-state index >= 15 is 0 Å². The quantitative estimate of drug-likeness (QED) is 0.128. The molecule has 0 radical (unpaired) electrons. The normalized spacial score (nSPS) is 12.0. The second-order valence-electron chi connectivity index (χ2n) is 14.3. The molecule has 0 unspecified atom stereocenters. The molecule has 0 saturated heterocycles. The third kappa shape index (κ3) is 4.65. The number of para-hydroxylation sites is 3. The van der Waals surface area contributed by atoms with Gasteiger partial charge in [-0.15, -0.1) is 0 Å². The average Bonchev–Trinajstić information content (AvgIpc) is 3.79. The van der Waals surface area contributed by atoms with Gasteiger partial charge in [0.05, 0.1) is 28.1 Å². The first kappa shape index (κ1) is 31.5. The summed E-state index contributed by atoms with van der Waals surface area (Å²) < 4.78 is 4.80. The van der Waals surface area contributed by atoms with E-state index in [-0.39, 0.29) is 0 Å². The van der Waals surface area contributed by atoms with Crippen LogP contribution in [0.3, 0.4) is 0 Å². The highest BCUT2D eigenvalue weighted by Gasteiger charge is 2.41. The highest BCUT2D eigenvalue weighted by atomic mass is 28.3. The molecular weight excluding hydrogens is 683 g/mol. The van der Waals surface area contributed by atoms with Gasteiger partial charge in [-0.1, -0.05) is 194 Å². The molecule has 3 nitrogen and oxygen atoms in total. The van der Waals surface area contributed by atoms with E-state index < -0.39 is 8.07 Å². The molecule has 1 aliphatic heterocycles. The second kappa shape index (κ2) is 12.5. The number of imidazole rings is 2. The SMILES string of the molecule is c1ccc([Si](c2ccccc2)(c2ccccc2)c2ccc(-c3c4n(c5nc6ccccc6n35)-c3ccccc3-c3ccccc3-c3ccccc3-4)cc2)cc1. The third-order valence-electron chi connectivity index (χ3n) is 11.5. The van der Waals surface area contributed by atoms with Crippen LogP contribution >= 0.6 is 0 Å². The Morgan fingerprint density at radius 1 is 0.345 bits per heavy atom. The van der Waals surface area contributed by atoms with Gasteiger partial charge in [-0.05, 0) is 55.6 Å². The number of aromatic nitrogens is 3. The minimum absolute atomic E-state index is 0.901. The van der Waals surface area contributed by atoms with Gasteiger partial charge in [0, 0.05) is 16.7 Å². The fourth-order valence-corrected chi connectivity index (χ4v) is 13.9. The molecule has 0 aliphatic carbocycles. The van der Waals surface area contributed by atoms with Crippen LogP contribution in [-0.2, 0) is 0 Å². The Balaban J connectivity index is 1.24. The maximum atomic E-state index is 5.38. The van der Waals surface area contributed by atoms with E-state index in [1.165, 1.54) is 48.6 Å². The Kier molecular flexibility index (Phi) is 7.19. The molecule has 8 aromatic carbocycles. The van der Waals surface area contributed by atoms with Crippen molar-refractivity contribution in [2.45, 2.75) is 0 Å². The van der Waals surface area contributed by atoms with Crippen LogP contribution < -0.4 is 20.7 Å². The van der Waals surface area contributed by atoms with E-state index in [1.54, 1.807) is 0 Å². The first-order valence-corrected chi connectivity index (χ1v) is 20.9. The largest absolute Gasteiger partial charge is 0.277 e. The summed E-state index contributed by atoms with van der Waals surface area (Å²) >= 11 is 0. The van der Waals surface area contributed by atoms with Gasteiger partial charge in [0.15, 0.2) is 8.07 Å². The van der Waals surface area contributed by atoms with Gasteiger partial charge in [0.25, 0.3) is 0 Å². The number of hydrogen-bond donors (Lipinski definition) is 0. The number of benzene rings is 8. The van der Waals surface area contributed by atoms with Crippen LogP contribution in [0.2, 0.25) is 0 Å². The Bertz CT molecular complexity index is 2920. The summed E-state index contributed by atoms with van der Waals surface area (Å²) in [6.45, 7) is 0. The van der Waals surface area contributed by atoms with Gasteiger partial charge in [-0.25, -0.2) is 4.98 Å². The van der Waals surface area contributed by atoms with Crippen LogP contribution in [-0.4, -0.2) is 22.0 Å². The lowest BCUT2D eigenvalue weighted by Crippen LogP contribution is -2.74. The van der Waals surface area contributed by atoms with Crippen molar-refractivity contribution in [2.75, 3.05) is 0 Å². The molecule has 11 rings (SSSR count). The predicted octanol–water partition coefficient (Wildman–Crippen LogP) is 9.64. The molecular formula is C51H35N3Si. The van der Waals surface area contributed by atoms with Gasteiger partial charge in [-0.2, -0.15) is 0 Å². The molecule has 0 atom stereocenters. The van der Waals surface area contributed by atoms with E-state index in [9.17, 15) is 0 Å². The van der Waals surface area contributed by atoms with E-state index in [4.69, 9.17) is 4.98 Å². The van der Waals surface area contributed by atoms with Gasteiger partial charge >= 0.3 is 0 Å². The van der Waals surface area contributed by atoms with Crippen molar-refractivity contribution >= 4 is 45.6 Å². The van der Waals surface area contributed by atoms with E-state index in [1.807, 2.05) is 0 Å². The van der Waals surface area contributed by atoms with Crippen molar-refractivity contribution in [1.82, 2.24) is 14.0 Å². The third-order valence-corrected chi connectivity index (χ3v) is 16.3. The summed E-state index contributed by atoms with van der Waals surface area (Å²) in [6, 6.07) is 78.0. The van der Waals surface area contributed by atoms with Crippen molar-refractivity contribution in [2.24, 2.45) is 0 Å². The first-order valence-electron chi connectivity index (χ1n) is 18.9. The number of hydrogen-bond acceptors (Lipinski definition) is 1. The van der Waals surface area contributed by atoms with Crippen LogP contribution in [0.1, 0.15) is 0 Å². The summed E-state index contributed by atoms with van der Waals surface area (Å²) in [5, 5.41) is 5.43. The first-order chi connectivity index (χ1) is 27.3. The maximum absolute atomic E-state index is 5.38. The minimum Gasteiger partial charge on any atom is -0.277 e. The summed E-state index contributed by atoms with van der Waals surface area (Å²) in [5.74, 6) is 0.901. The molecule has 258 valence electrons. The summed E-state index contributed by atoms with van der Waals surface area (Å²) in [6.07, 6.45) is 0. The molecule has 0 amide bonds. The monoisotopic (exact) mass is 717 g/mol. The average molecular weight is 718 g/mol. The number of nitrogens with zero attached hydrogens (tertiary/aromatic N) is 3. The van der Waals surface area contributed by atoms with Crippen molar-refractivity contribution in [1.29, 1.82) is 0 Å². The molecule has 2 aromatic heterocycles. The topological polar surface area (TPSA) is 22.2 Å². The fraction of sp³-hybridized carbons (Fsp3) is 0. The lowest BCUT2D eigenvalue weighted by molar-refractivity contribution is 1.08. The smallest absolute Gasteiger partial charge is 0.220 e. The zero-order chi connectivity index (χ0) is 36.3. The van der Waals surface area contributed by atoms with Crippen LogP contribution in [0.25, 0.3) is 67.3 Å². The van der Waals surface area contributed by atoms with Crippen LogP contribution in [0.4, 0.5) is 0 Å². The Morgan fingerprint density at radius 3 is 1.38 bits per heavy atom. The molecule has 10 aromatic rings. The van der Waals surface area contributed by atoms with Gasteiger partial charge in [0.1, 0.15) is 0 Å². The molecule has 0 N–H and O–H groups in total. The van der Waals surface area contributed by atoms with E-state index in [0.717, 1.165) is 39.4 Å². The minimum atomic E-state index is -2.70. The van der Waals surface area contributed by atoms with Crippen molar-refractivity contribution in [3.63, 3.8) is 0 Å². The van der Waals surface area contributed by atoms with Gasteiger partial charge < -0.3 is 0 Å². The number of fused-ring (bicyclic) bond motifs is 12. The Hall–Kier alpha value is -7.01. The zero-order valence-corrected chi connectivity index (χ0v) is 31.0. The van der Waals surface area contributed by atoms with E-state index in [2.05, 4.69) is 221 Å². The van der Waals surface area contributed by atoms with Gasteiger partial charge in [0.2, 0.25) is 5.78 Å². The second-order valence-corrected chi connectivity index (χ2v) is 18.1. The molecule has 0 fully saturated rings. The van der Waals surface area contributed by atoms with Crippen molar-refractivity contribution < 1.29 is 0 Å². The summed E-state index contributed by atoms with van der Waals surface area (Å²) in [7, 11) is -2.70. The predicted molar refractivity (Wildman–Crippen MR) is 231 cm³/mol. The highest BCUT2D eigenvalue weighted by molar-refractivity contribution is 7.19. The number of rotatable bonds is 5. The van der Waals surface area contributed by atoms with Crippen molar-refractivity contribution in [3.8, 4) is 50.5 Å². The molecule has 0 bridgehead atoms. The Labute approximate surface area is 321 Å². The fourth-order valence-electron chi connectivity index (χ4n) is 9.15. The Morgan fingerprint density at radius 2 is 0.782 bits per heavy atom. The summed E-state index contributed by atoms with van der Waals surface area (Å²) in [5.41, 5.74) is 12.6. The summed E-state index contributed by atoms with van der Waals surface area (Å²) in [4.78, 5) is 5.38. The van der Waals surface area contributed by atoms with E-state index in [0.29, 0.717) is 0 Å². The molecule has 55 heavy (non-hydrogen) atoms. The highest BCUT2D eigenvalue weighted by Crippen LogP contribution is 2.48. The molecule has 4 heteroatoms. The zero-order valence-electron chi connectivity index (χ0n) is 30.0. The molecule has 3 heterocycles. The molecule has 0 saturated carbocycles. The molecule has 0 spiro atoms. The van der Waals surface area contributed by atoms with Gasteiger partial charge in [-0.3, -0.25) is 8.97 Å². The maximum Gasteiger partial charge on any atom is 0.220 e. The molecule has 1 aliphatic rings.